The monoisotopic (exact) mass is 447 g/mol. The molecule has 4 N–H and O–H groups in total. The number of halogens is 3. The van der Waals surface area contributed by atoms with Crippen molar-refractivity contribution in [3.05, 3.63) is 89.5 Å². The van der Waals surface area contributed by atoms with Crippen molar-refractivity contribution in [1.29, 1.82) is 0 Å². The maximum absolute atomic E-state index is 14.3. The molecule has 0 aliphatic heterocycles. The second kappa shape index (κ2) is 7.90. The Morgan fingerprint density at radius 3 is 2.24 bits per heavy atom. The number of nitrogen functional groups attached to an aromatic ring is 2. The molecule has 5 rings (SSSR count). The molecular formula is C23H16F3N7. The van der Waals surface area contributed by atoms with Crippen LogP contribution in [0.25, 0.3) is 28.1 Å². The van der Waals surface area contributed by atoms with E-state index in [4.69, 9.17) is 11.5 Å². The fourth-order valence-electron chi connectivity index (χ4n) is 3.66. The highest BCUT2D eigenvalue weighted by molar-refractivity contribution is 5.84. The Bertz CT molecular complexity index is 1480. The largest absolute Gasteiger partial charge is 0.383 e. The first-order valence-electron chi connectivity index (χ1n) is 9.88. The van der Waals surface area contributed by atoms with Crippen LogP contribution in [0.2, 0.25) is 0 Å². The quantitative estimate of drug-likeness (QED) is 0.403. The van der Waals surface area contributed by atoms with E-state index in [9.17, 15) is 13.2 Å². The van der Waals surface area contributed by atoms with E-state index >= 15 is 0 Å². The molecule has 0 bridgehead atoms. The Morgan fingerprint density at radius 1 is 0.818 bits per heavy atom. The molecule has 0 fully saturated rings. The molecule has 7 nitrogen and oxygen atoms in total. The minimum Gasteiger partial charge on any atom is -0.383 e. The molecule has 164 valence electrons. The van der Waals surface area contributed by atoms with Crippen molar-refractivity contribution >= 4 is 22.5 Å². The van der Waals surface area contributed by atoms with E-state index in [2.05, 4.69) is 20.1 Å². The zero-order chi connectivity index (χ0) is 23.1. The fraction of sp³-hybridized carbons (Fsp3) is 0.0435. The number of hydrogen-bond donors (Lipinski definition) is 2. The van der Waals surface area contributed by atoms with Crippen molar-refractivity contribution in [2.45, 2.75) is 6.42 Å². The minimum atomic E-state index is -1.25. The first kappa shape index (κ1) is 20.4. The summed E-state index contributed by atoms with van der Waals surface area (Å²) in [5.41, 5.74) is 13.7. The van der Waals surface area contributed by atoms with Crippen molar-refractivity contribution in [2.75, 3.05) is 11.5 Å². The molecule has 2 aromatic carbocycles. The molecule has 0 saturated carbocycles. The van der Waals surface area contributed by atoms with Gasteiger partial charge in [-0.15, -0.1) is 0 Å². The number of para-hydroxylation sites is 1. The predicted octanol–water partition coefficient (Wildman–Crippen LogP) is 4.05. The highest BCUT2D eigenvalue weighted by Crippen LogP contribution is 2.30. The lowest BCUT2D eigenvalue weighted by atomic mass is 10.1. The summed E-state index contributed by atoms with van der Waals surface area (Å²) in [5, 5.41) is 5.05. The van der Waals surface area contributed by atoms with Crippen molar-refractivity contribution in [3.63, 3.8) is 0 Å². The van der Waals surface area contributed by atoms with E-state index in [1.54, 1.807) is 48.7 Å². The zero-order valence-electron chi connectivity index (χ0n) is 17.0. The molecule has 0 saturated heterocycles. The summed E-state index contributed by atoms with van der Waals surface area (Å²) in [6.45, 7) is 0. The van der Waals surface area contributed by atoms with E-state index in [0.717, 1.165) is 12.1 Å². The lowest BCUT2D eigenvalue weighted by molar-refractivity contribution is 0.482. The summed E-state index contributed by atoms with van der Waals surface area (Å²) in [6, 6.07) is 13.9. The lowest BCUT2D eigenvalue weighted by Crippen LogP contribution is -2.10. The van der Waals surface area contributed by atoms with Crippen molar-refractivity contribution in [2.24, 2.45) is 0 Å². The summed E-state index contributed by atoms with van der Waals surface area (Å²) in [5.74, 6) is -2.98. The van der Waals surface area contributed by atoms with Crippen LogP contribution in [0.3, 0.4) is 0 Å². The van der Waals surface area contributed by atoms with E-state index in [1.165, 1.54) is 4.68 Å². The minimum absolute atomic E-state index is 0.0762. The van der Waals surface area contributed by atoms with Crippen LogP contribution < -0.4 is 11.5 Å². The topological polar surface area (TPSA) is 109 Å². The number of pyridine rings is 1. The van der Waals surface area contributed by atoms with Crippen LogP contribution in [0.5, 0.6) is 0 Å². The SMILES string of the molecule is Nc1nc(-n2nc(Cc3c(F)ccc(F)c3F)c3ccccc32)nc(N)c1-c1ccccn1. The van der Waals surface area contributed by atoms with Crippen LogP contribution in [0, 0.1) is 17.5 Å². The van der Waals surface area contributed by atoms with Gasteiger partial charge in [-0.3, -0.25) is 4.98 Å². The summed E-state index contributed by atoms with van der Waals surface area (Å²) in [4.78, 5) is 12.9. The highest BCUT2D eigenvalue weighted by Gasteiger charge is 2.21. The van der Waals surface area contributed by atoms with Gasteiger partial charge in [-0.2, -0.15) is 19.7 Å². The number of hydrogen-bond acceptors (Lipinski definition) is 6. The average Bonchev–Trinajstić information content (AvgIpc) is 3.18. The normalized spacial score (nSPS) is 11.2. The molecule has 3 aromatic heterocycles. The van der Waals surface area contributed by atoms with Gasteiger partial charge in [-0.1, -0.05) is 24.3 Å². The molecule has 0 radical (unpaired) electrons. The van der Waals surface area contributed by atoms with Crippen LogP contribution in [-0.2, 0) is 6.42 Å². The Hall–Kier alpha value is -4.47. The van der Waals surface area contributed by atoms with Crippen LogP contribution >= 0.6 is 0 Å². The van der Waals surface area contributed by atoms with E-state index in [-0.39, 0.29) is 24.0 Å². The third kappa shape index (κ3) is 3.51. The van der Waals surface area contributed by atoms with Crippen LogP contribution in [0.1, 0.15) is 11.3 Å². The number of anilines is 2. The average molecular weight is 447 g/mol. The number of benzene rings is 2. The molecule has 0 aliphatic carbocycles. The Balaban J connectivity index is 1.65. The Kier molecular flexibility index (Phi) is 4.89. The maximum Gasteiger partial charge on any atom is 0.255 e. The fourth-order valence-corrected chi connectivity index (χ4v) is 3.66. The van der Waals surface area contributed by atoms with Crippen molar-refractivity contribution in [1.82, 2.24) is 24.7 Å². The van der Waals surface area contributed by atoms with Gasteiger partial charge in [0.2, 0.25) is 0 Å². The van der Waals surface area contributed by atoms with Crippen LogP contribution in [0.15, 0.2) is 60.8 Å². The van der Waals surface area contributed by atoms with E-state index < -0.39 is 23.0 Å². The van der Waals surface area contributed by atoms with E-state index in [0.29, 0.717) is 27.9 Å². The van der Waals surface area contributed by atoms with E-state index in [1.807, 2.05) is 0 Å². The smallest absolute Gasteiger partial charge is 0.255 e. The highest BCUT2D eigenvalue weighted by atomic mass is 19.2. The molecule has 0 amide bonds. The second-order valence-electron chi connectivity index (χ2n) is 7.26. The summed E-state index contributed by atoms with van der Waals surface area (Å²) in [6.07, 6.45) is 1.32. The van der Waals surface area contributed by atoms with Gasteiger partial charge in [0.1, 0.15) is 17.5 Å². The molecule has 33 heavy (non-hydrogen) atoms. The van der Waals surface area contributed by atoms with Gasteiger partial charge in [0, 0.05) is 23.6 Å². The summed E-state index contributed by atoms with van der Waals surface area (Å²) >= 11 is 0. The third-order valence-electron chi connectivity index (χ3n) is 5.21. The molecule has 3 heterocycles. The lowest BCUT2D eigenvalue weighted by Gasteiger charge is -2.10. The van der Waals surface area contributed by atoms with Gasteiger partial charge in [-0.05, 0) is 30.3 Å². The molecule has 0 unspecified atom stereocenters. The molecule has 5 aromatic rings. The third-order valence-corrected chi connectivity index (χ3v) is 5.21. The van der Waals surface area contributed by atoms with Crippen LogP contribution in [-0.4, -0.2) is 24.7 Å². The zero-order valence-corrected chi connectivity index (χ0v) is 17.0. The first-order chi connectivity index (χ1) is 15.9. The molecule has 10 heteroatoms. The summed E-state index contributed by atoms with van der Waals surface area (Å²) in [7, 11) is 0. The standard InChI is InChI=1S/C23H16F3N7/c24-14-8-9-15(25)20(26)13(14)11-17-12-5-1-2-7-18(12)33(32-17)23-30-21(27)19(22(28)31-23)16-6-3-4-10-29-16/h1-10H,11H2,(H4,27,28,30,31). The van der Waals surface area contributed by atoms with Gasteiger partial charge in [0.25, 0.3) is 5.95 Å². The maximum atomic E-state index is 14.3. The number of fused-ring (bicyclic) bond motifs is 1. The van der Waals surface area contributed by atoms with Gasteiger partial charge in [0.15, 0.2) is 11.6 Å². The molecular weight excluding hydrogens is 431 g/mol. The van der Waals surface area contributed by atoms with Gasteiger partial charge in [-0.25, -0.2) is 13.2 Å². The van der Waals surface area contributed by atoms with Crippen molar-refractivity contribution in [3.8, 4) is 17.2 Å². The van der Waals surface area contributed by atoms with Gasteiger partial charge < -0.3 is 11.5 Å². The number of nitrogens with two attached hydrogens (primary N) is 2. The number of nitrogens with zero attached hydrogens (tertiary/aromatic N) is 5. The molecule has 0 spiro atoms. The first-order valence-corrected chi connectivity index (χ1v) is 9.88. The molecule has 0 aliphatic rings. The number of aromatic nitrogens is 5. The number of rotatable bonds is 4. The molecule has 0 atom stereocenters. The predicted molar refractivity (Wildman–Crippen MR) is 118 cm³/mol. The Morgan fingerprint density at radius 2 is 1.52 bits per heavy atom. The van der Waals surface area contributed by atoms with Gasteiger partial charge in [0.05, 0.1) is 22.5 Å². The summed E-state index contributed by atoms with van der Waals surface area (Å²) < 4.78 is 43.6. The Labute approximate surface area is 185 Å². The second-order valence-corrected chi connectivity index (χ2v) is 7.26. The van der Waals surface area contributed by atoms with Crippen LogP contribution in [0.4, 0.5) is 24.8 Å². The van der Waals surface area contributed by atoms with Gasteiger partial charge >= 0.3 is 0 Å². The van der Waals surface area contributed by atoms with Crippen molar-refractivity contribution < 1.29 is 13.2 Å².